The Morgan fingerprint density at radius 2 is 1.68 bits per heavy atom. The number of rotatable bonds is 5. The lowest BCUT2D eigenvalue weighted by atomic mass is 10.0. The summed E-state index contributed by atoms with van der Waals surface area (Å²) in [6.45, 7) is 3.48. The van der Waals surface area contributed by atoms with Gasteiger partial charge in [0.15, 0.2) is 17.7 Å². The van der Waals surface area contributed by atoms with Gasteiger partial charge >= 0.3 is 0 Å². The highest BCUT2D eigenvalue weighted by molar-refractivity contribution is 5.82. The highest BCUT2D eigenvalue weighted by Crippen LogP contribution is 2.19. The summed E-state index contributed by atoms with van der Waals surface area (Å²) in [5, 5.41) is 1.93. The van der Waals surface area contributed by atoms with Gasteiger partial charge in [-0.2, -0.15) is 0 Å². The highest BCUT2D eigenvalue weighted by atomic mass is 19.2. The van der Waals surface area contributed by atoms with Crippen LogP contribution in [0.3, 0.4) is 0 Å². The van der Waals surface area contributed by atoms with Crippen molar-refractivity contribution < 1.29 is 18.9 Å². The maximum absolute atomic E-state index is 13.5. The minimum atomic E-state index is -0.861. The molecule has 3 nitrogen and oxygen atoms in total. The maximum Gasteiger partial charge on any atom is 0.285 e. The van der Waals surface area contributed by atoms with Crippen LogP contribution >= 0.6 is 0 Å². The number of benzene rings is 2. The maximum atomic E-state index is 13.5. The molecule has 0 unspecified atom stereocenters. The quantitative estimate of drug-likeness (QED) is 0.889. The molecule has 1 saturated heterocycles. The average Bonchev–Trinajstić information content (AvgIpc) is 3.16. The summed E-state index contributed by atoms with van der Waals surface area (Å²) in [6.07, 6.45) is 2.07. The molecule has 2 aromatic carbocycles. The summed E-state index contributed by atoms with van der Waals surface area (Å²) in [4.78, 5) is 14.9. The van der Waals surface area contributed by atoms with Crippen LogP contribution in [0.25, 0.3) is 0 Å². The minimum Gasteiger partial charge on any atom is -0.337 e. The second-order valence-corrected chi connectivity index (χ2v) is 6.58. The van der Waals surface area contributed by atoms with Crippen molar-refractivity contribution in [2.75, 3.05) is 13.1 Å². The second-order valence-electron chi connectivity index (χ2n) is 6.58. The zero-order valence-corrected chi connectivity index (χ0v) is 14.3. The van der Waals surface area contributed by atoms with Crippen molar-refractivity contribution in [2.24, 2.45) is 0 Å². The fraction of sp³-hybridized carbons (Fsp3) is 0.350. The predicted molar refractivity (Wildman–Crippen MR) is 91.7 cm³/mol. The smallest absolute Gasteiger partial charge is 0.285 e. The van der Waals surface area contributed by atoms with E-state index in [4.69, 9.17) is 0 Å². The molecule has 0 aromatic heterocycles. The van der Waals surface area contributed by atoms with E-state index in [0.717, 1.165) is 37.6 Å². The van der Waals surface area contributed by atoms with Gasteiger partial charge < -0.3 is 10.2 Å². The minimum absolute atomic E-state index is 0.0816. The number of quaternary nitrogens is 1. The summed E-state index contributed by atoms with van der Waals surface area (Å²) in [6, 6.07) is 13.0. The van der Waals surface area contributed by atoms with E-state index in [0.29, 0.717) is 5.56 Å². The molecule has 0 aliphatic carbocycles. The Morgan fingerprint density at radius 1 is 1.00 bits per heavy atom. The first-order valence-corrected chi connectivity index (χ1v) is 8.70. The van der Waals surface area contributed by atoms with Gasteiger partial charge in [0.25, 0.3) is 5.91 Å². The Balaban J connectivity index is 1.83. The summed E-state index contributed by atoms with van der Waals surface area (Å²) in [5.74, 6) is -1.64. The predicted octanol–water partition coefficient (Wildman–Crippen LogP) is 2.95. The van der Waals surface area contributed by atoms with E-state index in [1.165, 1.54) is 6.07 Å². The third kappa shape index (κ3) is 4.04. The van der Waals surface area contributed by atoms with Crippen molar-refractivity contribution >= 4 is 5.91 Å². The van der Waals surface area contributed by atoms with Gasteiger partial charge in [0.1, 0.15) is 6.04 Å². The third-order valence-corrected chi connectivity index (χ3v) is 4.79. The van der Waals surface area contributed by atoms with Crippen LogP contribution in [0.15, 0.2) is 48.5 Å². The van der Waals surface area contributed by atoms with Crippen molar-refractivity contribution in [1.29, 1.82) is 0 Å². The summed E-state index contributed by atoms with van der Waals surface area (Å²) < 4.78 is 26.7. The first-order chi connectivity index (χ1) is 12.1. The van der Waals surface area contributed by atoms with Crippen molar-refractivity contribution in [3.63, 3.8) is 0 Å². The van der Waals surface area contributed by atoms with Crippen molar-refractivity contribution in [1.82, 2.24) is 4.90 Å². The normalized spacial score (nSPS) is 16.7. The van der Waals surface area contributed by atoms with Crippen LogP contribution in [-0.2, 0) is 4.79 Å². The number of carbonyl (C=O) groups is 1. The van der Waals surface area contributed by atoms with Gasteiger partial charge in [-0.15, -0.1) is 0 Å². The second kappa shape index (κ2) is 7.74. The zero-order valence-electron chi connectivity index (χ0n) is 14.3. The topological polar surface area (TPSA) is 36.9 Å². The molecule has 0 spiro atoms. The Hall–Kier alpha value is -2.27. The van der Waals surface area contributed by atoms with E-state index in [1.807, 2.05) is 47.5 Å². The van der Waals surface area contributed by atoms with E-state index >= 15 is 0 Å². The molecule has 1 aliphatic heterocycles. The summed E-state index contributed by atoms with van der Waals surface area (Å²) in [7, 11) is 0. The van der Waals surface area contributed by atoms with Crippen LogP contribution in [0.4, 0.5) is 8.78 Å². The largest absolute Gasteiger partial charge is 0.337 e. The number of likely N-dealkylation sites (tertiary alicyclic amines) is 1. The van der Waals surface area contributed by atoms with Crippen molar-refractivity contribution in [3.05, 3.63) is 71.3 Å². The van der Waals surface area contributed by atoms with Crippen LogP contribution in [0.1, 0.15) is 43.0 Å². The SMILES string of the molecule is C[C@H]([NH2+][C@H](C(=O)N1CCCC1)c1ccccc1)c1ccc(F)c(F)c1. The van der Waals surface area contributed by atoms with E-state index in [1.54, 1.807) is 6.07 Å². The number of amides is 1. The van der Waals surface area contributed by atoms with Crippen LogP contribution < -0.4 is 5.32 Å². The molecule has 0 saturated carbocycles. The fourth-order valence-corrected chi connectivity index (χ4v) is 3.33. The average molecular weight is 345 g/mol. The van der Waals surface area contributed by atoms with Crippen LogP contribution in [-0.4, -0.2) is 23.9 Å². The molecule has 1 fully saturated rings. The number of hydrogen-bond acceptors (Lipinski definition) is 1. The molecular weight excluding hydrogens is 322 g/mol. The molecule has 0 radical (unpaired) electrons. The van der Waals surface area contributed by atoms with Gasteiger partial charge in [-0.1, -0.05) is 30.3 Å². The Labute approximate surface area is 146 Å². The standard InChI is InChI=1S/C20H22F2N2O/c1-14(16-9-10-17(21)18(22)13-16)23-19(15-7-3-2-4-8-15)20(25)24-11-5-6-12-24/h2-4,7-10,13-14,19,23H,5-6,11-12H2,1H3/p+1/t14-,19-/m0/s1. The molecule has 1 amide bonds. The third-order valence-electron chi connectivity index (χ3n) is 4.79. The lowest BCUT2D eigenvalue weighted by Gasteiger charge is -2.24. The lowest BCUT2D eigenvalue weighted by molar-refractivity contribution is -0.719. The molecule has 132 valence electrons. The molecule has 1 heterocycles. The van der Waals surface area contributed by atoms with Gasteiger partial charge in [-0.25, -0.2) is 8.78 Å². The van der Waals surface area contributed by atoms with Crippen molar-refractivity contribution in [2.45, 2.75) is 31.8 Å². The molecule has 1 aliphatic rings. The molecule has 2 aromatic rings. The lowest BCUT2D eigenvalue weighted by Crippen LogP contribution is -2.88. The molecular formula is C20H23F2N2O+. The number of nitrogens with two attached hydrogens (primary N) is 1. The molecule has 2 N–H and O–H groups in total. The van der Waals surface area contributed by atoms with Gasteiger partial charge in [0.2, 0.25) is 0 Å². The monoisotopic (exact) mass is 345 g/mol. The van der Waals surface area contributed by atoms with Crippen LogP contribution in [0.5, 0.6) is 0 Å². The van der Waals surface area contributed by atoms with E-state index in [-0.39, 0.29) is 18.0 Å². The van der Waals surface area contributed by atoms with E-state index < -0.39 is 11.6 Å². The van der Waals surface area contributed by atoms with Gasteiger partial charge in [-0.3, -0.25) is 4.79 Å². The van der Waals surface area contributed by atoms with E-state index in [2.05, 4.69) is 0 Å². The molecule has 0 bridgehead atoms. The molecule has 25 heavy (non-hydrogen) atoms. The first-order valence-electron chi connectivity index (χ1n) is 8.70. The highest BCUT2D eigenvalue weighted by Gasteiger charge is 2.32. The van der Waals surface area contributed by atoms with Gasteiger partial charge in [-0.05, 0) is 38.0 Å². The zero-order chi connectivity index (χ0) is 17.8. The Morgan fingerprint density at radius 3 is 2.32 bits per heavy atom. The van der Waals surface area contributed by atoms with Gasteiger partial charge in [0, 0.05) is 24.2 Å². The molecule has 5 heteroatoms. The Kier molecular flexibility index (Phi) is 5.43. The fourth-order valence-electron chi connectivity index (χ4n) is 3.33. The van der Waals surface area contributed by atoms with Crippen LogP contribution in [0.2, 0.25) is 0 Å². The summed E-state index contributed by atoms with van der Waals surface area (Å²) in [5.41, 5.74) is 1.59. The Bertz CT molecular complexity index is 730. The number of halogens is 2. The molecule has 2 atom stereocenters. The van der Waals surface area contributed by atoms with Crippen molar-refractivity contribution in [3.8, 4) is 0 Å². The van der Waals surface area contributed by atoms with Gasteiger partial charge in [0.05, 0.1) is 0 Å². The van der Waals surface area contributed by atoms with Crippen LogP contribution in [0, 0.1) is 11.6 Å². The first kappa shape index (κ1) is 17.5. The number of carbonyl (C=O) groups excluding carboxylic acids is 1. The summed E-state index contributed by atoms with van der Waals surface area (Å²) >= 11 is 0. The molecule has 3 rings (SSSR count). The van der Waals surface area contributed by atoms with E-state index in [9.17, 15) is 13.6 Å². The number of hydrogen-bond donors (Lipinski definition) is 1. The number of nitrogens with zero attached hydrogens (tertiary/aromatic N) is 1.